The molecule has 2 aliphatic heterocycles. The summed E-state index contributed by atoms with van der Waals surface area (Å²) in [5.74, 6) is 3.70. The summed E-state index contributed by atoms with van der Waals surface area (Å²) in [4.78, 5) is 5.11. The van der Waals surface area contributed by atoms with Crippen LogP contribution in [0.5, 0.6) is 0 Å². The van der Waals surface area contributed by atoms with Gasteiger partial charge in [0.15, 0.2) is 0 Å². The van der Waals surface area contributed by atoms with E-state index in [0.717, 1.165) is 13.0 Å². The van der Waals surface area contributed by atoms with Gasteiger partial charge in [-0.3, -0.25) is 4.99 Å². The number of nitrogens with zero attached hydrogens (tertiary/aromatic N) is 1. The van der Waals surface area contributed by atoms with Crippen molar-refractivity contribution in [3.05, 3.63) is 64.7 Å². The first kappa shape index (κ1) is 16.7. The number of hydrogen-bond donors (Lipinski definition) is 1. The van der Waals surface area contributed by atoms with Gasteiger partial charge in [0.25, 0.3) is 0 Å². The summed E-state index contributed by atoms with van der Waals surface area (Å²) in [5, 5.41) is 3.70. The fourth-order valence-corrected chi connectivity index (χ4v) is 5.49. The summed E-state index contributed by atoms with van der Waals surface area (Å²) in [7, 11) is 0. The lowest BCUT2D eigenvalue weighted by Crippen LogP contribution is -2.44. The van der Waals surface area contributed by atoms with E-state index in [4.69, 9.17) is 4.99 Å². The van der Waals surface area contributed by atoms with Crippen molar-refractivity contribution in [2.24, 2.45) is 10.4 Å². The van der Waals surface area contributed by atoms with Gasteiger partial charge in [0.05, 0.1) is 6.54 Å². The molecule has 2 aromatic rings. The largest absolute Gasteiger partial charge is 0.343 e. The molecule has 0 unspecified atom stereocenters. The van der Waals surface area contributed by atoms with Gasteiger partial charge >= 0.3 is 0 Å². The van der Waals surface area contributed by atoms with Gasteiger partial charge in [-0.1, -0.05) is 47.5 Å². The summed E-state index contributed by atoms with van der Waals surface area (Å²) in [6.45, 7) is 5.10. The Balaban J connectivity index is 1.67. The number of nitrogens with one attached hydrogen (secondary N) is 1. The maximum absolute atomic E-state index is 5.11. The lowest BCUT2D eigenvalue weighted by molar-refractivity contribution is 0.377. The molecule has 0 amide bonds. The first-order valence-corrected chi connectivity index (χ1v) is 10.3. The molecule has 3 heteroatoms. The van der Waals surface area contributed by atoms with Crippen molar-refractivity contribution in [1.29, 1.82) is 0 Å². The Kier molecular flexibility index (Phi) is 4.60. The zero-order chi connectivity index (χ0) is 17.3. The number of amidine groups is 1. The summed E-state index contributed by atoms with van der Waals surface area (Å²) < 4.78 is 0. The topological polar surface area (TPSA) is 24.4 Å². The first-order chi connectivity index (χ1) is 12.1. The molecule has 0 saturated carbocycles. The molecule has 1 fully saturated rings. The Morgan fingerprint density at radius 1 is 1.04 bits per heavy atom. The van der Waals surface area contributed by atoms with Gasteiger partial charge in [-0.25, -0.2) is 0 Å². The Labute approximate surface area is 155 Å². The van der Waals surface area contributed by atoms with Crippen LogP contribution >= 0.6 is 11.8 Å². The molecule has 0 aliphatic carbocycles. The second kappa shape index (κ2) is 6.87. The maximum Gasteiger partial charge on any atom is 0.108 e. The first-order valence-electron chi connectivity index (χ1n) is 9.19. The molecule has 0 aromatic heterocycles. The molecule has 2 heterocycles. The van der Waals surface area contributed by atoms with Crippen molar-refractivity contribution in [2.75, 3.05) is 16.8 Å². The van der Waals surface area contributed by atoms with Crippen LogP contribution in [0.2, 0.25) is 0 Å². The number of para-hydroxylation sites is 1. The van der Waals surface area contributed by atoms with Crippen molar-refractivity contribution < 1.29 is 0 Å². The predicted octanol–water partition coefficient (Wildman–Crippen LogP) is 5.38. The van der Waals surface area contributed by atoms with E-state index < -0.39 is 0 Å². The minimum Gasteiger partial charge on any atom is -0.343 e. The minimum absolute atomic E-state index is 0.207. The standard InChI is InChI=1S/C22H26N2S/c1-16-11-17(2)13-18(12-16)15-23-21-22(7-9-25-10-8-22)14-19-5-3-4-6-20(19)24-21/h3-6,11-13H,7-10,14-15H2,1-2H3,(H,23,24). The summed E-state index contributed by atoms with van der Waals surface area (Å²) in [6.07, 6.45) is 3.58. The zero-order valence-corrected chi connectivity index (χ0v) is 16.0. The quantitative estimate of drug-likeness (QED) is 0.786. The van der Waals surface area contributed by atoms with Crippen LogP contribution in [0.4, 0.5) is 5.69 Å². The van der Waals surface area contributed by atoms with E-state index in [1.54, 1.807) is 0 Å². The smallest absolute Gasteiger partial charge is 0.108 e. The molecule has 1 saturated heterocycles. The average Bonchev–Trinajstić information content (AvgIpc) is 2.60. The molecule has 0 radical (unpaired) electrons. The number of hydrogen-bond acceptors (Lipinski definition) is 2. The van der Waals surface area contributed by atoms with E-state index in [9.17, 15) is 0 Å². The Hall–Kier alpha value is -1.74. The third kappa shape index (κ3) is 3.48. The highest BCUT2D eigenvalue weighted by molar-refractivity contribution is 7.99. The molecule has 4 rings (SSSR count). The van der Waals surface area contributed by atoms with Crippen molar-refractivity contribution in [3.8, 4) is 0 Å². The van der Waals surface area contributed by atoms with E-state index in [0.29, 0.717) is 0 Å². The van der Waals surface area contributed by atoms with Crippen LogP contribution in [-0.2, 0) is 13.0 Å². The molecule has 2 nitrogen and oxygen atoms in total. The fourth-order valence-electron chi connectivity index (χ4n) is 4.22. The molecule has 2 aliphatic rings. The molecule has 0 atom stereocenters. The highest BCUT2D eigenvalue weighted by Crippen LogP contribution is 2.44. The molecule has 1 N–H and O–H groups in total. The van der Waals surface area contributed by atoms with Gasteiger partial charge in [0.1, 0.15) is 5.84 Å². The van der Waals surface area contributed by atoms with Crippen molar-refractivity contribution >= 4 is 23.3 Å². The lowest BCUT2D eigenvalue weighted by Gasteiger charge is -2.42. The maximum atomic E-state index is 5.11. The average molecular weight is 351 g/mol. The van der Waals surface area contributed by atoms with Crippen molar-refractivity contribution in [2.45, 2.75) is 39.7 Å². The third-order valence-corrected chi connectivity index (χ3v) is 6.44. The van der Waals surface area contributed by atoms with Crippen LogP contribution < -0.4 is 5.32 Å². The van der Waals surface area contributed by atoms with E-state index in [-0.39, 0.29) is 5.41 Å². The molecule has 2 aromatic carbocycles. The number of rotatable bonds is 2. The van der Waals surface area contributed by atoms with Gasteiger partial charge < -0.3 is 5.32 Å². The molecular formula is C22H26N2S. The van der Waals surface area contributed by atoms with E-state index in [1.807, 2.05) is 0 Å². The number of benzene rings is 2. The lowest BCUT2D eigenvalue weighted by atomic mass is 9.73. The highest BCUT2D eigenvalue weighted by atomic mass is 32.2. The number of anilines is 1. The van der Waals surface area contributed by atoms with Gasteiger partial charge in [-0.2, -0.15) is 11.8 Å². The van der Waals surface area contributed by atoms with Gasteiger partial charge in [-0.15, -0.1) is 0 Å². The SMILES string of the molecule is Cc1cc(C)cc(CN=C2Nc3ccccc3CC23CCSCC3)c1. The van der Waals surface area contributed by atoms with Crippen molar-refractivity contribution in [1.82, 2.24) is 0 Å². The van der Waals surface area contributed by atoms with E-state index in [1.165, 1.54) is 58.1 Å². The third-order valence-electron chi connectivity index (χ3n) is 5.45. The van der Waals surface area contributed by atoms with Gasteiger partial charge in [0.2, 0.25) is 0 Å². The number of aliphatic imine (C=N–C) groups is 1. The normalized spacial score (nSPS) is 20.3. The predicted molar refractivity (Wildman–Crippen MR) is 110 cm³/mol. The summed E-state index contributed by atoms with van der Waals surface area (Å²) in [5.41, 5.74) is 6.84. The van der Waals surface area contributed by atoms with Crippen LogP contribution in [0.1, 0.15) is 35.1 Å². The Morgan fingerprint density at radius 2 is 1.76 bits per heavy atom. The number of fused-ring (bicyclic) bond motifs is 1. The van der Waals surface area contributed by atoms with Gasteiger partial charge in [0, 0.05) is 11.1 Å². The van der Waals surface area contributed by atoms with Crippen LogP contribution in [0, 0.1) is 19.3 Å². The van der Waals surface area contributed by atoms with Crippen molar-refractivity contribution in [3.63, 3.8) is 0 Å². The Morgan fingerprint density at radius 3 is 2.52 bits per heavy atom. The highest BCUT2D eigenvalue weighted by Gasteiger charge is 2.41. The zero-order valence-electron chi connectivity index (χ0n) is 15.1. The molecular weight excluding hydrogens is 324 g/mol. The monoisotopic (exact) mass is 350 g/mol. The number of aryl methyl sites for hydroxylation is 2. The fraction of sp³-hybridized carbons (Fsp3) is 0.409. The second-order valence-corrected chi connectivity index (χ2v) is 8.74. The molecule has 0 bridgehead atoms. The molecule has 25 heavy (non-hydrogen) atoms. The molecule has 130 valence electrons. The molecule has 1 spiro atoms. The summed E-state index contributed by atoms with van der Waals surface area (Å²) in [6, 6.07) is 15.5. The summed E-state index contributed by atoms with van der Waals surface area (Å²) >= 11 is 2.08. The van der Waals surface area contributed by atoms with Gasteiger partial charge in [-0.05, 0) is 61.8 Å². The van der Waals surface area contributed by atoms with Crippen LogP contribution in [0.3, 0.4) is 0 Å². The second-order valence-electron chi connectivity index (χ2n) is 7.51. The van der Waals surface area contributed by atoms with Crippen LogP contribution in [0.15, 0.2) is 47.5 Å². The van der Waals surface area contributed by atoms with Crippen LogP contribution in [-0.4, -0.2) is 17.3 Å². The Bertz CT molecular complexity index is 783. The minimum atomic E-state index is 0.207. The van der Waals surface area contributed by atoms with Crippen LogP contribution in [0.25, 0.3) is 0 Å². The van der Waals surface area contributed by atoms with E-state index in [2.05, 4.69) is 73.4 Å². The number of thioether (sulfide) groups is 1. The van der Waals surface area contributed by atoms with E-state index >= 15 is 0 Å².